The lowest BCUT2D eigenvalue weighted by atomic mass is 9.99. The molecule has 8 heteroatoms. The van der Waals surface area contributed by atoms with Crippen LogP contribution in [0.5, 0.6) is 0 Å². The number of benzene rings is 1. The monoisotopic (exact) mass is 329 g/mol. The maximum absolute atomic E-state index is 13.4. The number of rotatable bonds is 5. The van der Waals surface area contributed by atoms with Gasteiger partial charge in [-0.15, -0.1) is 0 Å². The first-order valence-corrected chi connectivity index (χ1v) is 9.00. The van der Waals surface area contributed by atoms with E-state index in [1.807, 2.05) is 0 Å². The normalized spacial score (nSPS) is 18.7. The third kappa shape index (κ3) is 4.96. The van der Waals surface area contributed by atoms with Gasteiger partial charge < -0.3 is 10.6 Å². The van der Waals surface area contributed by atoms with E-state index < -0.39 is 21.7 Å². The molecule has 0 bridgehead atoms. The maximum atomic E-state index is 13.4. The van der Waals surface area contributed by atoms with Crippen molar-refractivity contribution in [2.45, 2.75) is 12.8 Å². The number of hydrogen-bond donors (Lipinski definition) is 3. The van der Waals surface area contributed by atoms with Gasteiger partial charge >= 0.3 is 0 Å². The zero-order valence-electron chi connectivity index (χ0n) is 12.4. The van der Waals surface area contributed by atoms with Crippen molar-refractivity contribution >= 4 is 21.6 Å². The molecule has 6 nitrogen and oxygen atoms in total. The highest BCUT2D eigenvalue weighted by molar-refractivity contribution is 7.92. The smallest absolute Gasteiger partial charge is 0.253 e. The topological polar surface area (TPSA) is 87.3 Å². The van der Waals surface area contributed by atoms with Crippen LogP contribution in [0.1, 0.15) is 23.2 Å². The Hall–Kier alpha value is -1.67. The summed E-state index contributed by atoms with van der Waals surface area (Å²) in [6.45, 7) is 2.29. The molecule has 1 unspecified atom stereocenters. The van der Waals surface area contributed by atoms with Crippen LogP contribution in [0, 0.1) is 11.7 Å². The summed E-state index contributed by atoms with van der Waals surface area (Å²) in [6.07, 6.45) is 3.05. The molecule has 1 atom stereocenters. The zero-order valence-corrected chi connectivity index (χ0v) is 13.2. The van der Waals surface area contributed by atoms with Gasteiger partial charge in [0.2, 0.25) is 10.0 Å². The highest BCUT2D eigenvalue weighted by Crippen LogP contribution is 2.18. The first-order valence-electron chi connectivity index (χ1n) is 7.11. The van der Waals surface area contributed by atoms with Crippen LogP contribution < -0.4 is 15.4 Å². The first kappa shape index (κ1) is 16.7. The quantitative estimate of drug-likeness (QED) is 0.750. The van der Waals surface area contributed by atoms with E-state index in [0.29, 0.717) is 12.5 Å². The molecule has 0 aliphatic carbocycles. The van der Waals surface area contributed by atoms with Gasteiger partial charge in [-0.25, -0.2) is 12.8 Å². The fourth-order valence-corrected chi connectivity index (χ4v) is 3.00. The molecular formula is C14H20FN3O3S. The summed E-state index contributed by atoms with van der Waals surface area (Å²) in [5.74, 6) is -0.752. The molecule has 2 rings (SSSR count). The van der Waals surface area contributed by atoms with E-state index in [0.717, 1.165) is 44.3 Å². The van der Waals surface area contributed by atoms with Crippen LogP contribution in [0.2, 0.25) is 0 Å². The van der Waals surface area contributed by atoms with Gasteiger partial charge in [0.15, 0.2) is 0 Å². The molecule has 1 aromatic carbocycles. The highest BCUT2D eigenvalue weighted by atomic mass is 32.2. The second kappa shape index (κ2) is 7.06. The molecule has 122 valence electrons. The molecule has 22 heavy (non-hydrogen) atoms. The summed E-state index contributed by atoms with van der Waals surface area (Å²) >= 11 is 0. The Balaban J connectivity index is 2.08. The van der Waals surface area contributed by atoms with Crippen LogP contribution in [-0.4, -0.2) is 40.2 Å². The van der Waals surface area contributed by atoms with Gasteiger partial charge in [-0.2, -0.15) is 0 Å². The Labute approximate surface area is 129 Å². The van der Waals surface area contributed by atoms with Crippen LogP contribution in [0.4, 0.5) is 10.1 Å². The summed E-state index contributed by atoms with van der Waals surface area (Å²) in [5, 5.41) is 5.99. The molecule has 1 aromatic rings. The van der Waals surface area contributed by atoms with E-state index in [9.17, 15) is 17.6 Å². The van der Waals surface area contributed by atoms with Crippen molar-refractivity contribution in [2.75, 3.05) is 30.6 Å². The number of carbonyl (C=O) groups is 1. The number of piperidine rings is 1. The van der Waals surface area contributed by atoms with Crippen molar-refractivity contribution in [3.05, 3.63) is 29.6 Å². The van der Waals surface area contributed by atoms with E-state index in [4.69, 9.17) is 0 Å². The van der Waals surface area contributed by atoms with Gasteiger partial charge in [0.1, 0.15) is 5.82 Å². The van der Waals surface area contributed by atoms with E-state index in [1.54, 1.807) is 0 Å². The minimum absolute atomic E-state index is 0.0193. The molecule has 1 fully saturated rings. The molecule has 0 radical (unpaired) electrons. The molecule has 1 amide bonds. The highest BCUT2D eigenvalue weighted by Gasteiger charge is 2.18. The van der Waals surface area contributed by atoms with Crippen LogP contribution in [0.15, 0.2) is 18.2 Å². The van der Waals surface area contributed by atoms with Crippen molar-refractivity contribution in [3.8, 4) is 0 Å². The minimum atomic E-state index is -3.54. The van der Waals surface area contributed by atoms with Crippen LogP contribution >= 0.6 is 0 Å². The molecule has 1 heterocycles. The van der Waals surface area contributed by atoms with Crippen LogP contribution in [0.3, 0.4) is 0 Å². The number of halogens is 1. The fourth-order valence-electron chi connectivity index (χ4n) is 2.42. The summed E-state index contributed by atoms with van der Waals surface area (Å²) in [6, 6.07) is 3.38. The van der Waals surface area contributed by atoms with Gasteiger partial charge in [-0.1, -0.05) is 0 Å². The maximum Gasteiger partial charge on any atom is 0.253 e. The Morgan fingerprint density at radius 1 is 1.45 bits per heavy atom. The van der Waals surface area contributed by atoms with E-state index in [1.165, 1.54) is 6.07 Å². The van der Waals surface area contributed by atoms with Crippen LogP contribution in [0.25, 0.3) is 0 Å². The first-order chi connectivity index (χ1) is 10.3. The molecule has 0 saturated carbocycles. The predicted molar refractivity (Wildman–Crippen MR) is 82.8 cm³/mol. The summed E-state index contributed by atoms with van der Waals surface area (Å²) < 4.78 is 38.2. The second-order valence-corrected chi connectivity index (χ2v) is 7.23. The molecule has 0 spiro atoms. The lowest BCUT2D eigenvalue weighted by Gasteiger charge is -2.23. The summed E-state index contributed by atoms with van der Waals surface area (Å²) in [7, 11) is -3.54. The van der Waals surface area contributed by atoms with Gasteiger partial charge in [0.05, 0.1) is 17.5 Å². The van der Waals surface area contributed by atoms with E-state index in [-0.39, 0.29) is 11.3 Å². The minimum Gasteiger partial charge on any atom is -0.352 e. The molecule has 0 aromatic heterocycles. The number of hydrogen-bond acceptors (Lipinski definition) is 4. The standard InChI is InChI=1S/C14H20FN3O3S/c1-22(20,21)18-13-5-4-11(15)7-12(13)14(19)17-9-10-3-2-6-16-8-10/h4-5,7,10,16,18H,2-3,6,8-9H2,1H3,(H,17,19). The molecule has 3 N–H and O–H groups in total. The van der Waals surface area contributed by atoms with Crippen LogP contribution in [-0.2, 0) is 10.0 Å². The average Bonchev–Trinajstić information content (AvgIpc) is 2.46. The predicted octanol–water partition coefficient (Wildman–Crippen LogP) is 0.927. The number of anilines is 1. The van der Waals surface area contributed by atoms with Crippen molar-refractivity contribution in [3.63, 3.8) is 0 Å². The SMILES string of the molecule is CS(=O)(=O)Nc1ccc(F)cc1C(=O)NCC1CCCNC1. The summed E-state index contributed by atoms with van der Waals surface area (Å²) in [4.78, 5) is 12.2. The Kier molecular flexibility index (Phi) is 5.36. The Morgan fingerprint density at radius 3 is 2.86 bits per heavy atom. The second-order valence-electron chi connectivity index (χ2n) is 5.49. The number of nitrogens with one attached hydrogen (secondary N) is 3. The Morgan fingerprint density at radius 2 is 2.23 bits per heavy atom. The largest absolute Gasteiger partial charge is 0.352 e. The lowest BCUT2D eigenvalue weighted by Crippen LogP contribution is -2.38. The number of amides is 1. The Bertz CT molecular complexity index is 643. The van der Waals surface area contributed by atoms with Crippen molar-refractivity contribution in [2.24, 2.45) is 5.92 Å². The molecular weight excluding hydrogens is 309 g/mol. The third-order valence-corrected chi connectivity index (χ3v) is 4.06. The van der Waals surface area contributed by atoms with Gasteiger partial charge in [0.25, 0.3) is 5.91 Å². The van der Waals surface area contributed by atoms with E-state index >= 15 is 0 Å². The van der Waals surface area contributed by atoms with Gasteiger partial charge in [0, 0.05) is 6.54 Å². The number of sulfonamides is 1. The average molecular weight is 329 g/mol. The van der Waals surface area contributed by atoms with Crippen molar-refractivity contribution in [1.29, 1.82) is 0 Å². The van der Waals surface area contributed by atoms with Crippen molar-refractivity contribution in [1.82, 2.24) is 10.6 Å². The fraction of sp³-hybridized carbons (Fsp3) is 0.500. The molecule has 1 aliphatic heterocycles. The third-order valence-electron chi connectivity index (χ3n) is 3.47. The van der Waals surface area contributed by atoms with Crippen molar-refractivity contribution < 1.29 is 17.6 Å². The lowest BCUT2D eigenvalue weighted by molar-refractivity contribution is 0.0945. The molecule has 1 saturated heterocycles. The zero-order chi connectivity index (χ0) is 16.2. The van der Waals surface area contributed by atoms with Gasteiger partial charge in [-0.05, 0) is 50.0 Å². The summed E-state index contributed by atoms with van der Waals surface area (Å²) in [5.41, 5.74) is 0.0531. The molecule has 1 aliphatic rings. The number of carbonyl (C=O) groups excluding carboxylic acids is 1. The van der Waals surface area contributed by atoms with E-state index in [2.05, 4.69) is 15.4 Å². The van der Waals surface area contributed by atoms with Gasteiger partial charge in [-0.3, -0.25) is 9.52 Å².